The smallest absolute Gasteiger partial charge is 0.322 e. The van der Waals surface area contributed by atoms with Crippen molar-refractivity contribution in [3.8, 4) is 6.07 Å². The number of carbonyl (C=O) groups is 2. The molecule has 1 saturated heterocycles. The van der Waals surface area contributed by atoms with Gasteiger partial charge in [0.1, 0.15) is 12.4 Å². The Balaban J connectivity index is 1.66. The average molecular weight is 339 g/mol. The molecule has 128 valence electrons. The lowest BCUT2D eigenvalue weighted by Gasteiger charge is -2.32. The summed E-state index contributed by atoms with van der Waals surface area (Å²) in [5.41, 5.74) is 1.25. The molecular weight excluding hydrogens is 322 g/mol. The van der Waals surface area contributed by atoms with Crippen molar-refractivity contribution in [2.45, 2.75) is 18.9 Å². The van der Waals surface area contributed by atoms with Crippen LogP contribution in [0.1, 0.15) is 18.4 Å². The first-order chi connectivity index (χ1) is 12.1. The van der Waals surface area contributed by atoms with Crippen LogP contribution in [0.2, 0.25) is 0 Å². The second-order valence-corrected chi connectivity index (χ2v) is 5.65. The van der Waals surface area contributed by atoms with Gasteiger partial charge in [-0.2, -0.15) is 15.3 Å². The molecule has 2 heterocycles. The third kappa shape index (κ3) is 3.58. The molecule has 25 heavy (non-hydrogen) atoms. The molecule has 3 amide bonds. The van der Waals surface area contributed by atoms with Crippen LogP contribution in [-0.2, 0) is 11.8 Å². The summed E-state index contributed by atoms with van der Waals surface area (Å²) in [6, 6.07) is 7.73. The fourth-order valence-electron chi connectivity index (χ4n) is 2.69. The Morgan fingerprint density at radius 3 is 2.76 bits per heavy atom. The Morgan fingerprint density at radius 1 is 1.36 bits per heavy atom. The van der Waals surface area contributed by atoms with Crippen molar-refractivity contribution >= 4 is 23.6 Å². The predicted molar refractivity (Wildman–Crippen MR) is 89.7 cm³/mol. The number of nitrogens with one attached hydrogen (secondary N) is 2. The molecule has 3 rings (SSSR count). The van der Waals surface area contributed by atoms with Crippen molar-refractivity contribution in [3.05, 3.63) is 36.2 Å². The van der Waals surface area contributed by atoms with Gasteiger partial charge in [0.05, 0.1) is 11.6 Å². The molecule has 0 bridgehead atoms. The number of nitrogens with zero attached hydrogens (tertiary/aromatic N) is 5. The number of hydrogen-bond donors (Lipinski definition) is 2. The highest BCUT2D eigenvalue weighted by Crippen LogP contribution is 2.21. The number of piperidine rings is 1. The van der Waals surface area contributed by atoms with Crippen molar-refractivity contribution in [2.24, 2.45) is 7.05 Å². The van der Waals surface area contributed by atoms with E-state index in [1.54, 1.807) is 36.2 Å². The maximum absolute atomic E-state index is 12.7. The number of anilines is 2. The minimum atomic E-state index is -0.613. The van der Waals surface area contributed by atoms with Crippen LogP contribution in [0, 0.1) is 11.3 Å². The van der Waals surface area contributed by atoms with Gasteiger partial charge in [0.2, 0.25) is 11.9 Å². The summed E-state index contributed by atoms with van der Waals surface area (Å²) in [5, 5.41) is 18.0. The highest BCUT2D eigenvalue weighted by Gasteiger charge is 2.31. The molecule has 2 aromatic rings. The maximum Gasteiger partial charge on any atom is 0.322 e. The molecule has 1 fully saturated rings. The fourth-order valence-corrected chi connectivity index (χ4v) is 2.69. The Labute approximate surface area is 144 Å². The van der Waals surface area contributed by atoms with Gasteiger partial charge >= 0.3 is 6.03 Å². The normalized spacial score (nSPS) is 17.0. The zero-order valence-corrected chi connectivity index (χ0v) is 13.6. The SMILES string of the molecule is Cn1ncnc1NC(=O)NC1CCCN(c2ccc(C#N)cc2)C1=O. The van der Waals surface area contributed by atoms with Gasteiger partial charge in [0.25, 0.3) is 0 Å². The van der Waals surface area contributed by atoms with Crippen molar-refractivity contribution in [1.29, 1.82) is 5.26 Å². The summed E-state index contributed by atoms with van der Waals surface area (Å²) < 4.78 is 1.42. The monoisotopic (exact) mass is 339 g/mol. The van der Waals surface area contributed by atoms with E-state index in [1.807, 2.05) is 6.07 Å². The van der Waals surface area contributed by atoms with Crippen LogP contribution in [0.25, 0.3) is 0 Å². The number of rotatable bonds is 3. The lowest BCUT2D eigenvalue weighted by atomic mass is 10.0. The van der Waals surface area contributed by atoms with Crippen LogP contribution >= 0.6 is 0 Å². The van der Waals surface area contributed by atoms with Gasteiger partial charge in [-0.15, -0.1) is 0 Å². The van der Waals surface area contributed by atoms with E-state index in [0.29, 0.717) is 30.2 Å². The van der Waals surface area contributed by atoms with E-state index >= 15 is 0 Å². The van der Waals surface area contributed by atoms with Gasteiger partial charge in [0.15, 0.2) is 0 Å². The van der Waals surface area contributed by atoms with Crippen LogP contribution in [0.3, 0.4) is 0 Å². The lowest BCUT2D eigenvalue weighted by molar-refractivity contribution is -0.121. The van der Waals surface area contributed by atoms with E-state index in [0.717, 1.165) is 6.42 Å². The second-order valence-electron chi connectivity index (χ2n) is 5.65. The van der Waals surface area contributed by atoms with Gasteiger partial charge in [0, 0.05) is 19.3 Å². The zero-order chi connectivity index (χ0) is 17.8. The van der Waals surface area contributed by atoms with Crippen molar-refractivity contribution in [3.63, 3.8) is 0 Å². The Kier molecular flexibility index (Phi) is 4.61. The Hall–Kier alpha value is -3.41. The predicted octanol–water partition coefficient (Wildman–Crippen LogP) is 1.00. The van der Waals surface area contributed by atoms with E-state index in [4.69, 9.17) is 5.26 Å². The molecule has 1 atom stereocenters. The highest BCUT2D eigenvalue weighted by atomic mass is 16.2. The summed E-state index contributed by atoms with van der Waals surface area (Å²) in [7, 11) is 1.65. The number of benzene rings is 1. The number of amides is 3. The molecule has 0 radical (unpaired) electrons. The van der Waals surface area contributed by atoms with Crippen molar-refractivity contribution < 1.29 is 9.59 Å². The first kappa shape index (κ1) is 16.4. The molecule has 0 saturated carbocycles. The zero-order valence-electron chi connectivity index (χ0n) is 13.6. The molecule has 1 aromatic carbocycles. The molecule has 1 aliphatic rings. The summed E-state index contributed by atoms with van der Waals surface area (Å²) in [4.78, 5) is 30.3. The minimum Gasteiger partial charge on any atom is -0.326 e. The third-order valence-electron chi connectivity index (χ3n) is 3.99. The topological polar surface area (TPSA) is 116 Å². The summed E-state index contributed by atoms with van der Waals surface area (Å²) >= 11 is 0. The molecule has 9 nitrogen and oxygen atoms in total. The number of aromatic nitrogens is 3. The molecule has 1 aliphatic heterocycles. The molecule has 2 N–H and O–H groups in total. The first-order valence-electron chi connectivity index (χ1n) is 7.81. The van der Waals surface area contributed by atoms with Crippen LogP contribution in [-0.4, -0.2) is 39.3 Å². The lowest BCUT2D eigenvalue weighted by Crippen LogP contribution is -2.53. The molecular formula is C16H17N7O2. The number of aryl methyl sites for hydroxylation is 1. The van der Waals surface area contributed by atoms with Gasteiger partial charge in [-0.25, -0.2) is 9.48 Å². The van der Waals surface area contributed by atoms with Crippen LogP contribution in [0.4, 0.5) is 16.4 Å². The van der Waals surface area contributed by atoms with E-state index < -0.39 is 12.1 Å². The molecule has 0 spiro atoms. The van der Waals surface area contributed by atoms with E-state index in [-0.39, 0.29) is 5.91 Å². The Morgan fingerprint density at radius 2 is 2.12 bits per heavy atom. The third-order valence-corrected chi connectivity index (χ3v) is 3.99. The van der Waals surface area contributed by atoms with Gasteiger partial charge in [-0.1, -0.05) is 0 Å². The average Bonchev–Trinajstić information content (AvgIpc) is 3.01. The van der Waals surface area contributed by atoms with Crippen LogP contribution in [0.15, 0.2) is 30.6 Å². The summed E-state index contributed by atoms with van der Waals surface area (Å²) in [6.45, 7) is 0.577. The maximum atomic E-state index is 12.7. The van der Waals surface area contributed by atoms with Gasteiger partial charge in [-0.3, -0.25) is 10.1 Å². The van der Waals surface area contributed by atoms with E-state index in [9.17, 15) is 9.59 Å². The quantitative estimate of drug-likeness (QED) is 0.865. The molecule has 1 aromatic heterocycles. The van der Waals surface area contributed by atoms with Gasteiger partial charge < -0.3 is 10.2 Å². The van der Waals surface area contributed by atoms with E-state index in [1.165, 1.54) is 11.0 Å². The van der Waals surface area contributed by atoms with Crippen LogP contribution in [0.5, 0.6) is 0 Å². The summed E-state index contributed by atoms with van der Waals surface area (Å²) in [6.07, 6.45) is 2.66. The number of hydrogen-bond acceptors (Lipinski definition) is 5. The highest BCUT2D eigenvalue weighted by molar-refractivity contribution is 6.01. The van der Waals surface area contributed by atoms with Crippen molar-refractivity contribution in [2.75, 3.05) is 16.8 Å². The number of carbonyl (C=O) groups excluding carboxylic acids is 2. The number of nitriles is 1. The molecule has 0 aliphatic carbocycles. The minimum absolute atomic E-state index is 0.177. The Bertz CT molecular complexity index is 822. The fraction of sp³-hybridized carbons (Fsp3) is 0.312. The molecule has 1 unspecified atom stereocenters. The van der Waals surface area contributed by atoms with Crippen LogP contribution < -0.4 is 15.5 Å². The largest absolute Gasteiger partial charge is 0.326 e. The van der Waals surface area contributed by atoms with Crippen molar-refractivity contribution in [1.82, 2.24) is 20.1 Å². The summed E-state index contributed by atoms with van der Waals surface area (Å²) in [5.74, 6) is 0.119. The first-order valence-corrected chi connectivity index (χ1v) is 7.81. The molecule has 9 heteroatoms. The number of urea groups is 1. The van der Waals surface area contributed by atoms with E-state index in [2.05, 4.69) is 20.7 Å². The second kappa shape index (κ2) is 7.00. The van der Waals surface area contributed by atoms with Gasteiger partial charge in [-0.05, 0) is 37.1 Å². The standard InChI is InChI=1S/C16H17N7O2/c1-22-15(18-10-19-22)21-16(25)20-13-3-2-8-23(14(13)24)12-6-4-11(9-17)5-7-12/h4-7,10,13H,2-3,8H2,1H3,(H2,18,19,20,21,25).